The van der Waals surface area contributed by atoms with Crippen molar-refractivity contribution in [3.05, 3.63) is 60.0 Å². The highest BCUT2D eigenvalue weighted by molar-refractivity contribution is 7.91. The van der Waals surface area contributed by atoms with Gasteiger partial charge in [-0.3, -0.25) is 4.79 Å². The predicted molar refractivity (Wildman–Crippen MR) is 108 cm³/mol. The van der Waals surface area contributed by atoms with E-state index in [-0.39, 0.29) is 18.4 Å². The van der Waals surface area contributed by atoms with Gasteiger partial charge in [0.05, 0.1) is 5.92 Å². The second-order valence-corrected chi connectivity index (χ2v) is 9.80. The monoisotopic (exact) mass is 400 g/mol. The second-order valence-electron chi connectivity index (χ2n) is 6.69. The van der Waals surface area contributed by atoms with E-state index in [0.717, 1.165) is 16.5 Å². The van der Waals surface area contributed by atoms with Gasteiger partial charge < -0.3 is 5.32 Å². The van der Waals surface area contributed by atoms with Gasteiger partial charge in [0.25, 0.3) is 10.0 Å². The first-order valence-corrected chi connectivity index (χ1v) is 11.2. The lowest BCUT2D eigenvalue weighted by Crippen LogP contribution is -2.43. The van der Waals surface area contributed by atoms with Crippen molar-refractivity contribution in [2.75, 3.05) is 18.4 Å². The number of hydrogen-bond acceptors (Lipinski definition) is 4. The van der Waals surface area contributed by atoms with Crippen LogP contribution in [0.2, 0.25) is 0 Å². The van der Waals surface area contributed by atoms with Crippen molar-refractivity contribution in [2.45, 2.75) is 17.1 Å². The number of nitrogens with one attached hydrogen (secondary N) is 1. The molecule has 140 valence electrons. The molecule has 7 heteroatoms. The number of benzene rings is 2. The summed E-state index contributed by atoms with van der Waals surface area (Å²) in [7, 11) is -3.51. The number of nitrogens with zero attached hydrogens (tertiary/aromatic N) is 1. The van der Waals surface area contributed by atoms with Crippen LogP contribution in [0.5, 0.6) is 0 Å². The molecule has 2 heterocycles. The number of rotatable bonds is 4. The van der Waals surface area contributed by atoms with Crippen LogP contribution in [0.15, 0.2) is 64.2 Å². The molecule has 4 rings (SSSR count). The normalized spacial score (nSPS) is 18.4. The van der Waals surface area contributed by atoms with Crippen molar-refractivity contribution in [1.82, 2.24) is 4.31 Å². The molecule has 5 nitrogen and oxygen atoms in total. The largest absolute Gasteiger partial charge is 0.326 e. The highest BCUT2D eigenvalue weighted by Gasteiger charge is 2.33. The molecule has 1 atom stereocenters. The third-order valence-electron chi connectivity index (χ3n) is 4.86. The smallest absolute Gasteiger partial charge is 0.252 e. The molecule has 1 unspecified atom stereocenters. The van der Waals surface area contributed by atoms with Crippen molar-refractivity contribution in [3.63, 3.8) is 0 Å². The summed E-state index contributed by atoms with van der Waals surface area (Å²) >= 11 is 1.21. The molecular weight excluding hydrogens is 380 g/mol. The van der Waals surface area contributed by atoms with E-state index < -0.39 is 10.0 Å². The molecular formula is C20H20N2O3S2. The van der Waals surface area contributed by atoms with Crippen LogP contribution in [-0.2, 0) is 14.8 Å². The Hall–Kier alpha value is -2.22. The summed E-state index contributed by atoms with van der Waals surface area (Å²) in [5, 5.41) is 6.87. The summed E-state index contributed by atoms with van der Waals surface area (Å²) in [6.45, 7) is 0.680. The molecule has 27 heavy (non-hydrogen) atoms. The standard InChI is InChI=1S/C20H20N2O3S2/c23-20(21-18-10-9-15-5-1-2-6-16(15)13-18)17-7-3-11-22(14-17)27(24,25)19-8-4-12-26-19/h1-2,4-6,8-10,12-13,17H,3,7,11,14H2,(H,21,23). The van der Waals surface area contributed by atoms with E-state index in [0.29, 0.717) is 23.6 Å². The first-order chi connectivity index (χ1) is 13.0. The lowest BCUT2D eigenvalue weighted by atomic mass is 9.98. The number of thiophene rings is 1. The molecule has 0 saturated carbocycles. The minimum atomic E-state index is -3.51. The Morgan fingerprint density at radius 2 is 1.89 bits per heavy atom. The van der Waals surface area contributed by atoms with E-state index in [2.05, 4.69) is 5.32 Å². The van der Waals surface area contributed by atoms with Crippen LogP contribution < -0.4 is 5.32 Å². The van der Waals surface area contributed by atoms with Crippen LogP contribution in [0.25, 0.3) is 10.8 Å². The summed E-state index contributed by atoms with van der Waals surface area (Å²) in [5.41, 5.74) is 0.733. The maximum absolute atomic E-state index is 12.7. The van der Waals surface area contributed by atoms with E-state index in [4.69, 9.17) is 0 Å². The molecule has 1 aromatic heterocycles. The number of fused-ring (bicyclic) bond motifs is 1. The van der Waals surface area contributed by atoms with Gasteiger partial charge in [-0.1, -0.05) is 36.4 Å². The quantitative estimate of drug-likeness (QED) is 0.721. The van der Waals surface area contributed by atoms with Gasteiger partial charge >= 0.3 is 0 Å². The van der Waals surface area contributed by atoms with Crippen LogP contribution >= 0.6 is 11.3 Å². The Bertz CT molecular complexity index is 1060. The Kier molecular flexibility index (Phi) is 4.99. The number of hydrogen-bond donors (Lipinski definition) is 1. The number of piperidine rings is 1. The fourth-order valence-electron chi connectivity index (χ4n) is 3.42. The number of carbonyl (C=O) groups is 1. The van der Waals surface area contributed by atoms with E-state index in [1.807, 2.05) is 42.5 Å². The van der Waals surface area contributed by atoms with Crippen LogP contribution in [0.4, 0.5) is 5.69 Å². The number of anilines is 1. The number of carbonyl (C=O) groups excluding carboxylic acids is 1. The Morgan fingerprint density at radius 3 is 2.67 bits per heavy atom. The van der Waals surface area contributed by atoms with Crippen molar-refractivity contribution < 1.29 is 13.2 Å². The Labute approximate surface area is 162 Å². The lowest BCUT2D eigenvalue weighted by molar-refractivity contribution is -0.120. The molecule has 3 aromatic rings. The van der Waals surface area contributed by atoms with Gasteiger partial charge in [0.15, 0.2) is 0 Å². The average molecular weight is 401 g/mol. The summed E-state index contributed by atoms with van der Waals surface area (Å²) in [5.74, 6) is -0.476. The van der Waals surface area contributed by atoms with Gasteiger partial charge in [0.1, 0.15) is 4.21 Å². The zero-order chi connectivity index (χ0) is 18.9. The summed E-state index contributed by atoms with van der Waals surface area (Å²) < 4.78 is 27.2. The first kappa shape index (κ1) is 18.2. The molecule has 0 radical (unpaired) electrons. The molecule has 1 aliphatic rings. The number of sulfonamides is 1. The van der Waals surface area contributed by atoms with E-state index in [1.54, 1.807) is 17.5 Å². The van der Waals surface area contributed by atoms with Crippen LogP contribution in [-0.4, -0.2) is 31.7 Å². The zero-order valence-corrected chi connectivity index (χ0v) is 16.3. The van der Waals surface area contributed by atoms with Gasteiger partial charge in [0.2, 0.25) is 5.91 Å². The van der Waals surface area contributed by atoms with Crippen molar-refractivity contribution in [2.24, 2.45) is 5.92 Å². The lowest BCUT2D eigenvalue weighted by Gasteiger charge is -2.30. The SMILES string of the molecule is O=C(Nc1ccc2ccccc2c1)C1CCCN(S(=O)(=O)c2cccs2)C1. The van der Waals surface area contributed by atoms with Crippen molar-refractivity contribution >= 4 is 43.7 Å². The highest BCUT2D eigenvalue weighted by atomic mass is 32.2. The molecule has 1 aliphatic heterocycles. The zero-order valence-electron chi connectivity index (χ0n) is 14.7. The molecule has 1 N–H and O–H groups in total. The highest BCUT2D eigenvalue weighted by Crippen LogP contribution is 2.27. The van der Waals surface area contributed by atoms with Crippen LogP contribution in [0, 0.1) is 5.92 Å². The third kappa shape index (κ3) is 3.76. The molecule has 1 fully saturated rings. The topological polar surface area (TPSA) is 66.5 Å². The summed E-state index contributed by atoms with van der Waals surface area (Å²) in [4.78, 5) is 12.7. The van der Waals surface area contributed by atoms with Crippen molar-refractivity contribution in [3.8, 4) is 0 Å². The van der Waals surface area contributed by atoms with Crippen LogP contribution in [0.3, 0.4) is 0 Å². The number of amides is 1. The fraction of sp³-hybridized carbons (Fsp3) is 0.250. The summed E-state index contributed by atoms with van der Waals surface area (Å²) in [6, 6.07) is 17.1. The minimum absolute atomic E-state index is 0.128. The van der Waals surface area contributed by atoms with Gasteiger partial charge in [-0.2, -0.15) is 4.31 Å². The van der Waals surface area contributed by atoms with Gasteiger partial charge in [0, 0.05) is 18.8 Å². The van der Waals surface area contributed by atoms with E-state index in [9.17, 15) is 13.2 Å². The predicted octanol–water partition coefficient (Wildman–Crippen LogP) is 3.94. The molecule has 2 aromatic carbocycles. The Balaban J connectivity index is 1.48. The van der Waals surface area contributed by atoms with Gasteiger partial charge in [-0.05, 0) is 47.2 Å². The van der Waals surface area contributed by atoms with Gasteiger partial charge in [-0.25, -0.2) is 8.42 Å². The Morgan fingerprint density at radius 1 is 1.07 bits per heavy atom. The summed E-state index contributed by atoms with van der Waals surface area (Å²) in [6.07, 6.45) is 1.37. The fourth-order valence-corrected chi connectivity index (χ4v) is 6.09. The first-order valence-electron chi connectivity index (χ1n) is 8.87. The molecule has 0 aliphatic carbocycles. The second kappa shape index (κ2) is 7.42. The minimum Gasteiger partial charge on any atom is -0.326 e. The molecule has 0 spiro atoms. The van der Waals surface area contributed by atoms with E-state index in [1.165, 1.54) is 15.6 Å². The average Bonchev–Trinajstić information content (AvgIpc) is 3.24. The van der Waals surface area contributed by atoms with Crippen molar-refractivity contribution in [1.29, 1.82) is 0 Å². The van der Waals surface area contributed by atoms with E-state index >= 15 is 0 Å². The molecule has 0 bridgehead atoms. The maximum atomic E-state index is 12.7. The third-order valence-corrected chi connectivity index (χ3v) is 8.10. The molecule has 1 amide bonds. The molecule has 1 saturated heterocycles. The van der Waals surface area contributed by atoms with Gasteiger partial charge in [-0.15, -0.1) is 11.3 Å². The van der Waals surface area contributed by atoms with Crippen LogP contribution in [0.1, 0.15) is 12.8 Å². The maximum Gasteiger partial charge on any atom is 0.252 e.